The van der Waals surface area contributed by atoms with Gasteiger partial charge in [-0.25, -0.2) is 0 Å². The quantitative estimate of drug-likeness (QED) is 0.477. The van der Waals surface area contributed by atoms with Crippen molar-refractivity contribution in [2.45, 2.75) is 0 Å². The molecule has 3 aromatic carbocycles. The van der Waals surface area contributed by atoms with E-state index in [1.807, 2.05) is 48.5 Å². The van der Waals surface area contributed by atoms with Gasteiger partial charge in [0.25, 0.3) is 0 Å². The summed E-state index contributed by atoms with van der Waals surface area (Å²) in [5.41, 5.74) is 15.5. The molecule has 0 radical (unpaired) electrons. The predicted octanol–water partition coefficient (Wildman–Crippen LogP) is 5.68. The summed E-state index contributed by atoms with van der Waals surface area (Å²) in [5, 5.41) is 16.7. The van der Waals surface area contributed by atoms with Crippen LogP contribution in [0.25, 0.3) is 0 Å². The van der Waals surface area contributed by atoms with Crippen LogP contribution in [0.15, 0.2) is 93.3 Å². The lowest BCUT2D eigenvalue weighted by Gasteiger charge is -1.97. The summed E-state index contributed by atoms with van der Waals surface area (Å²) < 4.78 is 0. The summed E-state index contributed by atoms with van der Waals surface area (Å²) in [5.74, 6) is 0. The summed E-state index contributed by atoms with van der Waals surface area (Å²) in [7, 11) is 0. The number of hydrogen-bond acceptors (Lipinski definition) is 6. The Morgan fingerprint density at radius 1 is 0.458 bits per heavy atom. The first kappa shape index (κ1) is 15.4. The molecule has 0 fully saturated rings. The van der Waals surface area contributed by atoms with Crippen molar-refractivity contribution in [3.8, 4) is 0 Å². The van der Waals surface area contributed by atoms with Gasteiger partial charge in [0.1, 0.15) is 0 Å². The van der Waals surface area contributed by atoms with Crippen molar-refractivity contribution in [1.29, 1.82) is 0 Å². The van der Waals surface area contributed by atoms with Gasteiger partial charge in [-0.1, -0.05) is 6.07 Å². The van der Waals surface area contributed by atoms with Gasteiger partial charge in [0.05, 0.1) is 22.7 Å². The Labute approximate surface area is 139 Å². The molecule has 0 bridgehead atoms. The van der Waals surface area contributed by atoms with Gasteiger partial charge in [0, 0.05) is 11.4 Å². The van der Waals surface area contributed by atoms with E-state index in [0.717, 1.165) is 11.4 Å². The van der Waals surface area contributed by atoms with E-state index >= 15 is 0 Å². The molecule has 118 valence electrons. The van der Waals surface area contributed by atoms with Gasteiger partial charge in [-0.05, 0) is 66.7 Å². The molecule has 0 saturated heterocycles. The molecule has 6 heteroatoms. The van der Waals surface area contributed by atoms with E-state index in [1.165, 1.54) is 0 Å². The molecule has 0 heterocycles. The molecule has 0 aromatic heterocycles. The van der Waals surface area contributed by atoms with Crippen LogP contribution in [0.4, 0.5) is 34.1 Å². The zero-order valence-electron chi connectivity index (χ0n) is 12.9. The van der Waals surface area contributed by atoms with Crippen LogP contribution in [0.3, 0.4) is 0 Å². The minimum absolute atomic E-state index is 0.694. The Kier molecular flexibility index (Phi) is 4.57. The van der Waals surface area contributed by atoms with Crippen LogP contribution >= 0.6 is 0 Å². The number of hydrogen-bond donors (Lipinski definition) is 2. The predicted molar refractivity (Wildman–Crippen MR) is 96.5 cm³/mol. The Morgan fingerprint density at radius 2 is 0.833 bits per heavy atom. The topological polar surface area (TPSA) is 101 Å². The van der Waals surface area contributed by atoms with Crippen LogP contribution in [-0.2, 0) is 0 Å². The average molecular weight is 316 g/mol. The fourth-order valence-corrected chi connectivity index (χ4v) is 1.93. The van der Waals surface area contributed by atoms with E-state index in [0.29, 0.717) is 22.7 Å². The zero-order valence-corrected chi connectivity index (χ0v) is 12.9. The highest BCUT2D eigenvalue weighted by atomic mass is 15.1. The third kappa shape index (κ3) is 4.23. The maximum atomic E-state index is 5.64. The molecule has 0 spiro atoms. The molecule has 3 aromatic rings. The van der Waals surface area contributed by atoms with E-state index < -0.39 is 0 Å². The van der Waals surface area contributed by atoms with Crippen molar-refractivity contribution in [3.05, 3.63) is 72.8 Å². The largest absolute Gasteiger partial charge is 0.399 e. The molecule has 0 unspecified atom stereocenters. The summed E-state index contributed by atoms with van der Waals surface area (Å²) >= 11 is 0. The fraction of sp³-hybridized carbons (Fsp3) is 0. The monoisotopic (exact) mass is 316 g/mol. The number of rotatable bonds is 4. The standard InChI is InChI=1S/C18H16N6/c19-13-4-8-15(9-5-13)21-23-17-2-1-3-18(12-17)24-22-16-10-6-14(20)7-11-16/h1-12H,19-20H2. The second-order valence-corrected chi connectivity index (χ2v) is 5.10. The van der Waals surface area contributed by atoms with E-state index in [-0.39, 0.29) is 0 Å². The van der Waals surface area contributed by atoms with E-state index in [2.05, 4.69) is 20.5 Å². The van der Waals surface area contributed by atoms with Gasteiger partial charge in [-0.2, -0.15) is 20.5 Å². The van der Waals surface area contributed by atoms with Crippen molar-refractivity contribution < 1.29 is 0 Å². The van der Waals surface area contributed by atoms with Crippen molar-refractivity contribution in [1.82, 2.24) is 0 Å². The van der Waals surface area contributed by atoms with E-state index in [9.17, 15) is 0 Å². The lowest BCUT2D eigenvalue weighted by Crippen LogP contribution is -1.80. The number of nitrogen functional groups attached to an aromatic ring is 2. The van der Waals surface area contributed by atoms with E-state index in [1.54, 1.807) is 24.3 Å². The van der Waals surface area contributed by atoms with Crippen molar-refractivity contribution in [3.63, 3.8) is 0 Å². The van der Waals surface area contributed by atoms with Crippen LogP contribution in [0.1, 0.15) is 0 Å². The Hall–Kier alpha value is -3.54. The molecule has 0 saturated carbocycles. The first-order chi connectivity index (χ1) is 11.7. The number of benzene rings is 3. The van der Waals surface area contributed by atoms with Crippen molar-refractivity contribution >= 4 is 34.1 Å². The maximum absolute atomic E-state index is 5.64. The summed E-state index contributed by atoms with van der Waals surface area (Å²) in [6.07, 6.45) is 0. The number of azo groups is 2. The van der Waals surface area contributed by atoms with Gasteiger partial charge < -0.3 is 11.5 Å². The highest BCUT2D eigenvalue weighted by molar-refractivity contribution is 5.52. The fourth-order valence-electron chi connectivity index (χ4n) is 1.93. The molecule has 0 aliphatic rings. The smallest absolute Gasteiger partial charge is 0.0879 e. The molecule has 0 atom stereocenters. The third-order valence-electron chi connectivity index (χ3n) is 3.18. The van der Waals surface area contributed by atoms with Crippen LogP contribution in [-0.4, -0.2) is 0 Å². The van der Waals surface area contributed by atoms with Gasteiger partial charge in [-0.3, -0.25) is 0 Å². The first-order valence-corrected chi connectivity index (χ1v) is 7.34. The highest BCUT2D eigenvalue weighted by Gasteiger charge is 1.95. The summed E-state index contributed by atoms with van der Waals surface area (Å²) in [6.45, 7) is 0. The zero-order chi connectivity index (χ0) is 16.8. The Bertz CT molecular complexity index is 796. The minimum atomic E-state index is 0.694. The molecular formula is C18H16N6. The van der Waals surface area contributed by atoms with Crippen LogP contribution < -0.4 is 11.5 Å². The first-order valence-electron chi connectivity index (χ1n) is 7.34. The van der Waals surface area contributed by atoms with Crippen LogP contribution in [0.2, 0.25) is 0 Å². The minimum Gasteiger partial charge on any atom is -0.399 e. The lowest BCUT2D eigenvalue weighted by molar-refractivity contribution is 1.20. The average Bonchev–Trinajstić information content (AvgIpc) is 2.61. The van der Waals surface area contributed by atoms with Crippen LogP contribution in [0, 0.1) is 0 Å². The van der Waals surface area contributed by atoms with Gasteiger partial charge in [0.15, 0.2) is 0 Å². The molecule has 0 aliphatic carbocycles. The Balaban J connectivity index is 1.74. The molecule has 0 aliphatic heterocycles. The normalized spacial score (nSPS) is 11.3. The third-order valence-corrected chi connectivity index (χ3v) is 3.18. The van der Waals surface area contributed by atoms with Crippen LogP contribution in [0.5, 0.6) is 0 Å². The van der Waals surface area contributed by atoms with E-state index in [4.69, 9.17) is 11.5 Å². The molecule has 24 heavy (non-hydrogen) atoms. The SMILES string of the molecule is Nc1ccc(N=Nc2cccc(N=Nc3ccc(N)cc3)c2)cc1. The van der Waals surface area contributed by atoms with Crippen molar-refractivity contribution in [2.24, 2.45) is 20.5 Å². The maximum Gasteiger partial charge on any atom is 0.0879 e. The summed E-state index contributed by atoms with van der Waals surface area (Å²) in [6, 6.07) is 21.7. The summed E-state index contributed by atoms with van der Waals surface area (Å²) in [4.78, 5) is 0. The van der Waals surface area contributed by atoms with Gasteiger partial charge >= 0.3 is 0 Å². The number of nitrogens with two attached hydrogens (primary N) is 2. The molecule has 0 amide bonds. The lowest BCUT2D eigenvalue weighted by atomic mass is 10.3. The molecule has 4 N–H and O–H groups in total. The highest BCUT2D eigenvalue weighted by Crippen LogP contribution is 2.25. The molecular weight excluding hydrogens is 300 g/mol. The molecule has 6 nitrogen and oxygen atoms in total. The van der Waals surface area contributed by atoms with Gasteiger partial charge in [-0.15, -0.1) is 0 Å². The molecule has 3 rings (SSSR count). The Morgan fingerprint density at radius 3 is 1.25 bits per heavy atom. The second kappa shape index (κ2) is 7.15. The second-order valence-electron chi connectivity index (χ2n) is 5.10. The number of anilines is 2. The van der Waals surface area contributed by atoms with Gasteiger partial charge in [0.2, 0.25) is 0 Å². The number of nitrogens with zero attached hydrogens (tertiary/aromatic N) is 4. The van der Waals surface area contributed by atoms with Crippen molar-refractivity contribution in [2.75, 3.05) is 11.5 Å².